The molecule has 0 saturated carbocycles. The Hall–Kier alpha value is -3.67. The highest BCUT2D eigenvalue weighted by molar-refractivity contribution is 9.10. The molecule has 4 aromatic rings. The zero-order chi connectivity index (χ0) is 26.6. The largest absolute Gasteiger partial charge is 0.322 e. The van der Waals surface area contributed by atoms with Gasteiger partial charge in [-0.3, -0.25) is 13.8 Å². The summed E-state index contributed by atoms with van der Waals surface area (Å²) in [4.78, 5) is 12.9. The average molecular weight is 601 g/mol. The SMILES string of the molecule is CN(c1ccc(C(=O)Nc2ccc(S(=O)(=O)Nc3ccc(Br)cc3)cc2)cc1)S(=O)(=O)c1ccccc1. The highest BCUT2D eigenvalue weighted by Gasteiger charge is 2.21. The van der Waals surface area contributed by atoms with Crippen molar-refractivity contribution in [1.82, 2.24) is 0 Å². The number of anilines is 3. The summed E-state index contributed by atoms with van der Waals surface area (Å²) in [5.74, 6) is -0.427. The van der Waals surface area contributed by atoms with E-state index in [1.165, 1.54) is 55.6 Å². The van der Waals surface area contributed by atoms with E-state index >= 15 is 0 Å². The molecule has 0 aliphatic rings. The maximum Gasteiger partial charge on any atom is 0.264 e. The number of halogens is 1. The third-order valence-electron chi connectivity index (χ3n) is 5.41. The molecule has 37 heavy (non-hydrogen) atoms. The van der Waals surface area contributed by atoms with Crippen LogP contribution in [0.2, 0.25) is 0 Å². The van der Waals surface area contributed by atoms with Crippen molar-refractivity contribution >= 4 is 58.9 Å². The lowest BCUT2D eigenvalue weighted by Crippen LogP contribution is -2.26. The van der Waals surface area contributed by atoms with E-state index in [4.69, 9.17) is 0 Å². The fourth-order valence-electron chi connectivity index (χ4n) is 3.36. The summed E-state index contributed by atoms with van der Waals surface area (Å²) in [5, 5.41) is 2.71. The fraction of sp³-hybridized carbons (Fsp3) is 0.0385. The minimum absolute atomic E-state index is 0.0421. The quantitative estimate of drug-likeness (QED) is 0.284. The lowest BCUT2D eigenvalue weighted by Gasteiger charge is -2.19. The van der Waals surface area contributed by atoms with Crippen molar-refractivity contribution in [3.05, 3.63) is 113 Å². The molecule has 2 N–H and O–H groups in total. The molecule has 0 fully saturated rings. The third kappa shape index (κ3) is 6.19. The van der Waals surface area contributed by atoms with Gasteiger partial charge in [-0.15, -0.1) is 0 Å². The van der Waals surface area contributed by atoms with Crippen LogP contribution in [-0.4, -0.2) is 29.8 Å². The molecule has 0 atom stereocenters. The molecule has 0 bridgehead atoms. The Morgan fingerprint density at radius 2 is 1.27 bits per heavy atom. The van der Waals surface area contributed by atoms with E-state index in [0.29, 0.717) is 22.6 Å². The number of nitrogens with one attached hydrogen (secondary N) is 2. The van der Waals surface area contributed by atoms with Crippen molar-refractivity contribution in [2.24, 2.45) is 0 Å². The van der Waals surface area contributed by atoms with E-state index in [0.717, 1.165) is 8.78 Å². The number of nitrogens with zero attached hydrogens (tertiary/aromatic N) is 1. The summed E-state index contributed by atoms with van der Waals surface area (Å²) in [7, 11) is -6.09. The predicted octanol–water partition coefficient (Wildman–Crippen LogP) is 5.33. The van der Waals surface area contributed by atoms with Crippen LogP contribution in [0, 0.1) is 0 Å². The van der Waals surface area contributed by atoms with Gasteiger partial charge in [0.05, 0.1) is 15.5 Å². The second kappa shape index (κ2) is 10.8. The van der Waals surface area contributed by atoms with Gasteiger partial charge < -0.3 is 5.32 Å². The highest BCUT2D eigenvalue weighted by Crippen LogP contribution is 2.23. The van der Waals surface area contributed by atoms with Crippen molar-refractivity contribution in [3.8, 4) is 0 Å². The van der Waals surface area contributed by atoms with Crippen molar-refractivity contribution in [1.29, 1.82) is 0 Å². The molecule has 190 valence electrons. The minimum Gasteiger partial charge on any atom is -0.322 e. The molecule has 0 aliphatic carbocycles. The second-order valence-electron chi connectivity index (χ2n) is 7.92. The predicted molar refractivity (Wildman–Crippen MR) is 148 cm³/mol. The van der Waals surface area contributed by atoms with Gasteiger partial charge in [-0.05, 0) is 84.9 Å². The van der Waals surface area contributed by atoms with Crippen LogP contribution < -0.4 is 14.3 Å². The molecule has 0 unspecified atom stereocenters. The number of hydrogen-bond donors (Lipinski definition) is 2. The van der Waals surface area contributed by atoms with Crippen LogP contribution in [0.25, 0.3) is 0 Å². The Morgan fingerprint density at radius 1 is 0.703 bits per heavy atom. The summed E-state index contributed by atoms with van der Waals surface area (Å²) >= 11 is 3.30. The minimum atomic E-state index is -3.80. The smallest absolute Gasteiger partial charge is 0.264 e. The molecule has 4 aromatic carbocycles. The summed E-state index contributed by atoms with van der Waals surface area (Å²) in [5.41, 5.74) is 1.53. The first kappa shape index (κ1) is 26.4. The van der Waals surface area contributed by atoms with E-state index in [1.54, 1.807) is 54.6 Å². The van der Waals surface area contributed by atoms with Crippen LogP contribution in [0.3, 0.4) is 0 Å². The van der Waals surface area contributed by atoms with Crippen molar-refractivity contribution in [3.63, 3.8) is 0 Å². The van der Waals surface area contributed by atoms with Gasteiger partial charge in [-0.1, -0.05) is 34.1 Å². The van der Waals surface area contributed by atoms with Gasteiger partial charge >= 0.3 is 0 Å². The molecule has 8 nitrogen and oxygen atoms in total. The maximum absolute atomic E-state index is 12.8. The Balaban J connectivity index is 1.42. The Morgan fingerprint density at radius 3 is 1.86 bits per heavy atom. The maximum atomic E-state index is 12.8. The van der Waals surface area contributed by atoms with Gasteiger partial charge in [0.2, 0.25) is 0 Å². The number of amides is 1. The molecule has 0 radical (unpaired) electrons. The molecule has 0 aromatic heterocycles. The van der Waals surface area contributed by atoms with E-state index in [2.05, 4.69) is 26.0 Å². The first-order valence-corrected chi connectivity index (χ1v) is 14.6. The molecule has 4 rings (SSSR count). The second-order valence-corrected chi connectivity index (χ2v) is 12.5. The first-order valence-electron chi connectivity index (χ1n) is 10.9. The number of carbonyl (C=O) groups excluding carboxylic acids is 1. The Kier molecular flexibility index (Phi) is 7.67. The number of rotatable bonds is 8. The summed E-state index contributed by atoms with van der Waals surface area (Å²) < 4.78 is 55.3. The number of sulfonamides is 2. The van der Waals surface area contributed by atoms with Gasteiger partial charge in [0.15, 0.2) is 0 Å². The van der Waals surface area contributed by atoms with Crippen LogP contribution in [0.5, 0.6) is 0 Å². The van der Waals surface area contributed by atoms with Gasteiger partial charge in [0, 0.05) is 28.5 Å². The topological polar surface area (TPSA) is 113 Å². The van der Waals surface area contributed by atoms with Crippen LogP contribution >= 0.6 is 15.9 Å². The van der Waals surface area contributed by atoms with Gasteiger partial charge in [0.25, 0.3) is 26.0 Å². The Labute approximate surface area is 224 Å². The standard InChI is InChI=1S/C26H22BrN3O5S2/c1-30(37(34,35)25-5-3-2-4-6-25)23-15-7-19(8-16-23)26(31)28-21-13-17-24(18-14-21)36(32,33)29-22-11-9-20(27)10-12-22/h2-18,29H,1H3,(H,28,31). The molecule has 1 amide bonds. The van der Waals surface area contributed by atoms with Gasteiger partial charge in [-0.2, -0.15) is 0 Å². The average Bonchev–Trinajstić information content (AvgIpc) is 2.90. The van der Waals surface area contributed by atoms with Gasteiger partial charge in [0.1, 0.15) is 0 Å². The highest BCUT2D eigenvalue weighted by atomic mass is 79.9. The zero-order valence-electron chi connectivity index (χ0n) is 19.5. The lowest BCUT2D eigenvalue weighted by molar-refractivity contribution is 0.102. The summed E-state index contributed by atoms with van der Waals surface area (Å²) in [6.45, 7) is 0. The van der Waals surface area contributed by atoms with Crippen molar-refractivity contribution in [2.45, 2.75) is 9.79 Å². The van der Waals surface area contributed by atoms with Gasteiger partial charge in [-0.25, -0.2) is 16.8 Å². The monoisotopic (exact) mass is 599 g/mol. The van der Waals surface area contributed by atoms with Crippen LogP contribution in [0.4, 0.5) is 17.1 Å². The van der Waals surface area contributed by atoms with E-state index in [1.807, 2.05) is 0 Å². The zero-order valence-corrected chi connectivity index (χ0v) is 22.7. The molecule has 0 saturated heterocycles. The van der Waals surface area contributed by atoms with E-state index in [-0.39, 0.29) is 9.79 Å². The third-order valence-corrected chi connectivity index (χ3v) is 9.14. The van der Waals surface area contributed by atoms with Crippen molar-refractivity contribution < 1.29 is 21.6 Å². The summed E-state index contributed by atoms with van der Waals surface area (Å²) in [6, 6.07) is 26.7. The molecule has 0 aliphatic heterocycles. The molecule has 0 spiro atoms. The van der Waals surface area contributed by atoms with E-state index in [9.17, 15) is 21.6 Å². The Bertz CT molecular complexity index is 1610. The van der Waals surface area contributed by atoms with Crippen LogP contribution in [-0.2, 0) is 20.0 Å². The number of hydrogen-bond acceptors (Lipinski definition) is 5. The molecular weight excluding hydrogens is 578 g/mol. The fourth-order valence-corrected chi connectivity index (χ4v) is 5.90. The van der Waals surface area contributed by atoms with Crippen molar-refractivity contribution in [2.75, 3.05) is 21.4 Å². The van der Waals surface area contributed by atoms with Crippen LogP contribution in [0.15, 0.2) is 117 Å². The normalized spacial score (nSPS) is 11.5. The number of benzene rings is 4. The van der Waals surface area contributed by atoms with E-state index < -0.39 is 26.0 Å². The number of carbonyl (C=O) groups is 1. The van der Waals surface area contributed by atoms with Crippen LogP contribution in [0.1, 0.15) is 10.4 Å². The molecule has 11 heteroatoms. The molecule has 0 heterocycles. The summed E-state index contributed by atoms with van der Waals surface area (Å²) in [6.07, 6.45) is 0. The molecular formula is C26H22BrN3O5S2. The lowest BCUT2D eigenvalue weighted by atomic mass is 10.2. The first-order chi connectivity index (χ1) is 17.6.